The molecule has 0 aromatic heterocycles. The molecule has 0 fully saturated rings. The number of nitrogens with one attached hydrogen (secondary N) is 2. The monoisotopic (exact) mass is 506 g/mol. The minimum atomic E-state index is 0. The second-order valence-corrected chi connectivity index (χ2v) is 7.07. The van der Waals surface area contributed by atoms with Crippen molar-refractivity contribution < 1.29 is 4.79 Å². The number of aliphatic imine (C=N–C) groups is 1. The number of halogens is 1. The molecule has 1 aliphatic rings. The molecule has 29 heavy (non-hydrogen) atoms. The number of hydrogen-bond acceptors (Lipinski definition) is 2. The Morgan fingerprint density at radius 3 is 2.62 bits per heavy atom. The molecular formula is C23H31IN4O. The van der Waals surface area contributed by atoms with E-state index in [2.05, 4.69) is 47.7 Å². The van der Waals surface area contributed by atoms with Crippen LogP contribution in [0.25, 0.3) is 0 Å². The van der Waals surface area contributed by atoms with Crippen LogP contribution >= 0.6 is 24.0 Å². The highest BCUT2D eigenvalue weighted by atomic mass is 127. The number of benzene rings is 2. The third-order valence-corrected chi connectivity index (χ3v) is 5.00. The van der Waals surface area contributed by atoms with Crippen molar-refractivity contribution in [3.8, 4) is 0 Å². The van der Waals surface area contributed by atoms with E-state index in [0.717, 1.165) is 37.6 Å². The maximum atomic E-state index is 12.6. The summed E-state index contributed by atoms with van der Waals surface area (Å²) in [5, 5.41) is 6.72. The Morgan fingerprint density at radius 2 is 1.86 bits per heavy atom. The van der Waals surface area contributed by atoms with Gasteiger partial charge in [-0.15, -0.1) is 24.0 Å². The van der Waals surface area contributed by atoms with E-state index in [1.54, 1.807) is 0 Å². The van der Waals surface area contributed by atoms with Gasteiger partial charge in [-0.2, -0.15) is 0 Å². The number of para-hydroxylation sites is 1. The molecule has 3 rings (SSSR count). The van der Waals surface area contributed by atoms with Crippen molar-refractivity contribution in [2.45, 2.75) is 39.2 Å². The third-order valence-electron chi connectivity index (χ3n) is 5.00. The molecule has 2 aromatic carbocycles. The summed E-state index contributed by atoms with van der Waals surface area (Å²) in [6.45, 7) is 6.39. The molecule has 156 valence electrons. The molecule has 6 heteroatoms. The van der Waals surface area contributed by atoms with Crippen molar-refractivity contribution in [2.24, 2.45) is 4.99 Å². The molecule has 2 aromatic rings. The molecule has 2 N–H and O–H groups in total. The largest absolute Gasteiger partial charge is 0.357 e. The van der Waals surface area contributed by atoms with Crippen molar-refractivity contribution in [3.05, 3.63) is 65.7 Å². The zero-order chi connectivity index (χ0) is 19.8. The van der Waals surface area contributed by atoms with Gasteiger partial charge in [0.2, 0.25) is 5.91 Å². The predicted octanol–water partition coefficient (Wildman–Crippen LogP) is 4.29. The van der Waals surface area contributed by atoms with Crippen molar-refractivity contribution in [2.75, 3.05) is 24.5 Å². The number of hydrogen-bond donors (Lipinski definition) is 2. The molecule has 5 nitrogen and oxygen atoms in total. The standard InChI is InChI=1S/C23H30N4O.HI/c1-3-24-23(26-18(2)19-10-5-4-6-11-19)25-16-9-14-22(28)27-17-15-20-12-7-8-13-21(20)27;/h4-8,10-13,18H,3,9,14-17H2,1-2H3,(H2,24,25,26);1H. The lowest BCUT2D eigenvalue weighted by Crippen LogP contribution is -2.38. The van der Waals surface area contributed by atoms with Gasteiger partial charge in [-0.05, 0) is 43.9 Å². The van der Waals surface area contributed by atoms with E-state index in [-0.39, 0.29) is 35.9 Å². The minimum absolute atomic E-state index is 0. The molecule has 1 atom stereocenters. The SMILES string of the molecule is CCNC(=NCCCC(=O)N1CCc2ccccc21)NC(C)c1ccccc1.I. The summed E-state index contributed by atoms with van der Waals surface area (Å²) >= 11 is 0. The lowest BCUT2D eigenvalue weighted by atomic mass is 10.1. The second-order valence-electron chi connectivity index (χ2n) is 7.07. The molecule has 1 unspecified atom stereocenters. The average molecular weight is 506 g/mol. The molecule has 1 heterocycles. The number of amides is 1. The van der Waals surface area contributed by atoms with Gasteiger partial charge in [-0.1, -0.05) is 48.5 Å². The highest BCUT2D eigenvalue weighted by molar-refractivity contribution is 14.0. The fourth-order valence-corrected chi connectivity index (χ4v) is 3.50. The average Bonchev–Trinajstić information content (AvgIpc) is 3.16. The van der Waals surface area contributed by atoms with E-state index < -0.39 is 0 Å². The fourth-order valence-electron chi connectivity index (χ4n) is 3.50. The van der Waals surface area contributed by atoms with Gasteiger partial charge in [-0.25, -0.2) is 0 Å². The molecule has 1 amide bonds. The minimum Gasteiger partial charge on any atom is -0.357 e. The zero-order valence-corrected chi connectivity index (χ0v) is 19.6. The van der Waals surface area contributed by atoms with Crippen molar-refractivity contribution in [1.29, 1.82) is 0 Å². The van der Waals surface area contributed by atoms with Gasteiger partial charge in [-0.3, -0.25) is 9.79 Å². The van der Waals surface area contributed by atoms with Crippen LogP contribution in [0.4, 0.5) is 5.69 Å². The van der Waals surface area contributed by atoms with Crippen LogP contribution in [0.5, 0.6) is 0 Å². The van der Waals surface area contributed by atoms with Crippen molar-refractivity contribution >= 4 is 41.5 Å². The predicted molar refractivity (Wildman–Crippen MR) is 131 cm³/mol. The molecule has 0 radical (unpaired) electrons. The number of fused-ring (bicyclic) bond motifs is 1. The Kier molecular flexibility index (Phi) is 9.44. The first-order valence-electron chi connectivity index (χ1n) is 10.2. The van der Waals surface area contributed by atoms with E-state index in [1.807, 2.05) is 41.3 Å². The van der Waals surface area contributed by atoms with Crippen LogP contribution in [0.1, 0.15) is 43.9 Å². The summed E-state index contributed by atoms with van der Waals surface area (Å²) in [6, 6.07) is 18.7. The Hall–Kier alpha value is -2.09. The summed E-state index contributed by atoms with van der Waals surface area (Å²) in [6.07, 6.45) is 2.21. The van der Waals surface area contributed by atoms with Crippen LogP contribution < -0.4 is 15.5 Å². The molecule has 0 saturated carbocycles. The van der Waals surface area contributed by atoms with Gasteiger partial charge >= 0.3 is 0 Å². The van der Waals surface area contributed by atoms with E-state index >= 15 is 0 Å². The summed E-state index contributed by atoms with van der Waals surface area (Å²) in [7, 11) is 0. The number of carbonyl (C=O) groups excluding carboxylic acids is 1. The normalized spacial score (nSPS) is 14.0. The van der Waals surface area contributed by atoms with Crippen LogP contribution in [0.3, 0.4) is 0 Å². The summed E-state index contributed by atoms with van der Waals surface area (Å²) in [4.78, 5) is 19.1. The van der Waals surface area contributed by atoms with Gasteiger partial charge in [0.05, 0.1) is 6.04 Å². The number of carbonyl (C=O) groups is 1. The van der Waals surface area contributed by atoms with Crippen LogP contribution in [0, 0.1) is 0 Å². The number of nitrogens with zero attached hydrogens (tertiary/aromatic N) is 2. The fraction of sp³-hybridized carbons (Fsp3) is 0.391. The molecule has 0 bridgehead atoms. The van der Waals surface area contributed by atoms with E-state index in [4.69, 9.17) is 0 Å². The van der Waals surface area contributed by atoms with Gasteiger partial charge < -0.3 is 15.5 Å². The molecule has 0 aliphatic carbocycles. The van der Waals surface area contributed by atoms with Gasteiger partial charge in [0, 0.05) is 31.7 Å². The number of rotatable bonds is 7. The van der Waals surface area contributed by atoms with E-state index in [1.165, 1.54) is 11.1 Å². The molecule has 0 saturated heterocycles. The van der Waals surface area contributed by atoms with E-state index in [0.29, 0.717) is 13.0 Å². The highest BCUT2D eigenvalue weighted by Crippen LogP contribution is 2.28. The zero-order valence-electron chi connectivity index (χ0n) is 17.2. The van der Waals surface area contributed by atoms with Crippen LogP contribution in [0.15, 0.2) is 59.6 Å². The maximum Gasteiger partial charge on any atom is 0.227 e. The van der Waals surface area contributed by atoms with Crippen LogP contribution in [-0.2, 0) is 11.2 Å². The first-order valence-corrected chi connectivity index (χ1v) is 10.2. The second kappa shape index (κ2) is 11.8. The van der Waals surface area contributed by atoms with Crippen molar-refractivity contribution in [1.82, 2.24) is 10.6 Å². The Morgan fingerprint density at radius 1 is 1.14 bits per heavy atom. The topological polar surface area (TPSA) is 56.7 Å². The number of guanidine groups is 1. The Bertz CT molecular complexity index is 810. The summed E-state index contributed by atoms with van der Waals surface area (Å²) in [5.41, 5.74) is 3.56. The van der Waals surface area contributed by atoms with Gasteiger partial charge in [0.1, 0.15) is 0 Å². The Labute approximate surface area is 191 Å². The van der Waals surface area contributed by atoms with Crippen LogP contribution in [-0.4, -0.2) is 31.5 Å². The first kappa shape index (κ1) is 23.2. The highest BCUT2D eigenvalue weighted by Gasteiger charge is 2.23. The smallest absolute Gasteiger partial charge is 0.227 e. The summed E-state index contributed by atoms with van der Waals surface area (Å²) < 4.78 is 0. The number of anilines is 1. The van der Waals surface area contributed by atoms with E-state index in [9.17, 15) is 4.79 Å². The molecule has 1 aliphatic heterocycles. The summed E-state index contributed by atoms with van der Waals surface area (Å²) in [5.74, 6) is 0.980. The first-order chi connectivity index (χ1) is 13.7. The Balaban J connectivity index is 0.00000300. The molecular weight excluding hydrogens is 475 g/mol. The van der Waals surface area contributed by atoms with Gasteiger partial charge in [0.25, 0.3) is 0 Å². The van der Waals surface area contributed by atoms with Crippen LogP contribution in [0.2, 0.25) is 0 Å². The lowest BCUT2D eigenvalue weighted by molar-refractivity contribution is -0.118. The third kappa shape index (κ3) is 6.45. The lowest BCUT2D eigenvalue weighted by Gasteiger charge is -2.18. The van der Waals surface area contributed by atoms with Gasteiger partial charge in [0.15, 0.2) is 5.96 Å². The maximum absolute atomic E-state index is 12.6. The van der Waals surface area contributed by atoms with Crippen molar-refractivity contribution in [3.63, 3.8) is 0 Å². The molecule has 0 spiro atoms. The quantitative estimate of drug-likeness (QED) is 0.255.